The van der Waals surface area contributed by atoms with Gasteiger partial charge in [-0.2, -0.15) is 0 Å². The van der Waals surface area contributed by atoms with Gasteiger partial charge in [-0.25, -0.2) is 4.79 Å². The second kappa shape index (κ2) is 8.78. The van der Waals surface area contributed by atoms with E-state index in [-0.39, 0.29) is 12.1 Å². The molecule has 18 heavy (non-hydrogen) atoms. The van der Waals surface area contributed by atoms with Gasteiger partial charge in [-0.05, 0) is 40.2 Å². The van der Waals surface area contributed by atoms with Crippen molar-refractivity contribution >= 4 is 6.09 Å². The SMILES string of the molecule is C=CC(=C)C(C)N(CC)C(=O)OC(C)(C)C.CC. The van der Waals surface area contributed by atoms with Gasteiger partial charge in [0.2, 0.25) is 0 Å². The largest absolute Gasteiger partial charge is 0.444 e. The second-order valence-electron chi connectivity index (χ2n) is 4.72. The third-order valence-electron chi connectivity index (χ3n) is 2.24. The predicted molar refractivity (Wildman–Crippen MR) is 78.8 cm³/mol. The Kier molecular flexibility index (Phi) is 9.32. The lowest BCUT2D eigenvalue weighted by Gasteiger charge is -2.31. The Morgan fingerprint density at radius 2 is 1.83 bits per heavy atom. The second-order valence-corrected chi connectivity index (χ2v) is 4.72. The summed E-state index contributed by atoms with van der Waals surface area (Å²) in [7, 11) is 0. The van der Waals surface area contributed by atoms with E-state index in [1.807, 2.05) is 48.5 Å². The molecule has 1 atom stereocenters. The van der Waals surface area contributed by atoms with E-state index in [1.165, 1.54) is 0 Å². The summed E-state index contributed by atoms with van der Waals surface area (Å²) in [5.74, 6) is 0. The van der Waals surface area contributed by atoms with Crippen LogP contribution < -0.4 is 0 Å². The van der Waals surface area contributed by atoms with Gasteiger partial charge in [-0.1, -0.05) is 33.1 Å². The van der Waals surface area contributed by atoms with Crippen molar-refractivity contribution in [2.24, 2.45) is 0 Å². The van der Waals surface area contributed by atoms with Crippen LogP contribution in [0.15, 0.2) is 24.8 Å². The van der Waals surface area contributed by atoms with Gasteiger partial charge in [-0.3, -0.25) is 0 Å². The molecule has 0 bridgehead atoms. The Hall–Kier alpha value is -1.25. The topological polar surface area (TPSA) is 29.5 Å². The molecule has 0 saturated heterocycles. The summed E-state index contributed by atoms with van der Waals surface area (Å²) in [4.78, 5) is 13.5. The maximum Gasteiger partial charge on any atom is 0.410 e. The lowest BCUT2D eigenvalue weighted by atomic mass is 10.1. The minimum absolute atomic E-state index is 0.0858. The maximum atomic E-state index is 11.9. The van der Waals surface area contributed by atoms with Crippen LogP contribution >= 0.6 is 0 Å². The molecule has 0 aromatic rings. The number of carbonyl (C=O) groups excluding carboxylic acids is 1. The van der Waals surface area contributed by atoms with Gasteiger partial charge >= 0.3 is 6.09 Å². The highest BCUT2D eigenvalue weighted by molar-refractivity contribution is 5.69. The van der Waals surface area contributed by atoms with Crippen LogP contribution in [0.5, 0.6) is 0 Å². The first-order valence-corrected chi connectivity index (χ1v) is 6.53. The number of hydrogen-bond acceptors (Lipinski definition) is 2. The first-order chi connectivity index (χ1) is 8.22. The first-order valence-electron chi connectivity index (χ1n) is 6.53. The lowest BCUT2D eigenvalue weighted by Crippen LogP contribution is -2.42. The van der Waals surface area contributed by atoms with Crippen molar-refractivity contribution in [2.75, 3.05) is 6.54 Å². The lowest BCUT2D eigenvalue weighted by molar-refractivity contribution is 0.0218. The van der Waals surface area contributed by atoms with Crippen LogP contribution in [0.25, 0.3) is 0 Å². The Morgan fingerprint density at radius 1 is 1.39 bits per heavy atom. The molecule has 0 aromatic heterocycles. The molecule has 0 heterocycles. The van der Waals surface area contributed by atoms with E-state index >= 15 is 0 Å². The van der Waals surface area contributed by atoms with E-state index in [0.29, 0.717) is 6.54 Å². The summed E-state index contributed by atoms with van der Waals surface area (Å²) in [5, 5.41) is 0. The average Bonchev–Trinajstić information content (AvgIpc) is 2.29. The normalized spacial score (nSPS) is 11.7. The molecule has 0 N–H and O–H groups in total. The molecule has 0 spiro atoms. The van der Waals surface area contributed by atoms with E-state index in [9.17, 15) is 4.79 Å². The van der Waals surface area contributed by atoms with Crippen molar-refractivity contribution in [3.63, 3.8) is 0 Å². The highest BCUT2D eigenvalue weighted by atomic mass is 16.6. The third kappa shape index (κ3) is 7.15. The fourth-order valence-corrected chi connectivity index (χ4v) is 1.25. The first kappa shape index (κ1) is 19.1. The smallest absolute Gasteiger partial charge is 0.410 e. The van der Waals surface area contributed by atoms with Crippen LogP contribution in [-0.4, -0.2) is 29.2 Å². The number of amides is 1. The molecule has 1 amide bonds. The summed E-state index contributed by atoms with van der Waals surface area (Å²) in [6.45, 7) is 21.5. The van der Waals surface area contributed by atoms with Gasteiger partial charge in [0, 0.05) is 6.54 Å². The van der Waals surface area contributed by atoms with Crippen LogP contribution in [0.1, 0.15) is 48.5 Å². The Labute approximate surface area is 113 Å². The quantitative estimate of drug-likeness (QED) is 0.697. The number of hydrogen-bond donors (Lipinski definition) is 0. The molecule has 1 unspecified atom stereocenters. The molecular formula is C15H29NO2. The summed E-state index contributed by atoms with van der Waals surface area (Å²) in [6.07, 6.45) is 1.35. The van der Waals surface area contributed by atoms with E-state index in [2.05, 4.69) is 13.2 Å². The fourth-order valence-electron chi connectivity index (χ4n) is 1.25. The maximum absolute atomic E-state index is 11.9. The van der Waals surface area contributed by atoms with Gasteiger partial charge in [0.05, 0.1) is 6.04 Å². The molecule has 3 heteroatoms. The molecule has 0 saturated carbocycles. The third-order valence-corrected chi connectivity index (χ3v) is 2.24. The number of nitrogens with zero attached hydrogens (tertiary/aromatic N) is 1. The van der Waals surface area contributed by atoms with Crippen molar-refractivity contribution in [2.45, 2.75) is 60.1 Å². The molecular weight excluding hydrogens is 226 g/mol. The summed E-state index contributed by atoms with van der Waals surface area (Å²) in [6, 6.07) is -0.0858. The molecule has 0 rings (SSSR count). The van der Waals surface area contributed by atoms with Crippen LogP contribution in [0, 0.1) is 0 Å². The molecule has 0 aliphatic carbocycles. The van der Waals surface area contributed by atoms with E-state index in [4.69, 9.17) is 4.74 Å². The highest BCUT2D eigenvalue weighted by Crippen LogP contribution is 2.15. The van der Waals surface area contributed by atoms with Crippen molar-refractivity contribution in [3.8, 4) is 0 Å². The van der Waals surface area contributed by atoms with Gasteiger partial charge < -0.3 is 9.64 Å². The van der Waals surface area contributed by atoms with Crippen molar-refractivity contribution < 1.29 is 9.53 Å². The zero-order valence-corrected chi connectivity index (χ0v) is 13.0. The molecule has 0 radical (unpaired) electrons. The summed E-state index contributed by atoms with van der Waals surface area (Å²) >= 11 is 0. The van der Waals surface area contributed by atoms with E-state index < -0.39 is 5.60 Å². The van der Waals surface area contributed by atoms with Gasteiger partial charge in [0.1, 0.15) is 5.60 Å². The minimum atomic E-state index is -0.472. The predicted octanol–water partition coefficient (Wildman–Crippen LogP) is 4.40. The molecule has 0 aliphatic heterocycles. The van der Waals surface area contributed by atoms with Gasteiger partial charge in [0.15, 0.2) is 0 Å². The fraction of sp³-hybridized carbons (Fsp3) is 0.667. The standard InChI is InChI=1S/C13H23NO2.C2H6/c1-8-10(3)11(4)14(9-2)12(15)16-13(5,6)7;1-2/h8,11H,1,3,9H2,2,4-7H3;1-2H3. The molecule has 0 aromatic carbocycles. The minimum Gasteiger partial charge on any atom is -0.444 e. The van der Waals surface area contributed by atoms with Crippen LogP contribution in [0.3, 0.4) is 0 Å². The molecule has 0 aliphatic rings. The monoisotopic (exact) mass is 255 g/mol. The summed E-state index contributed by atoms with van der Waals surface area (Å²) in [5.41, 5.74) is 0.340. The number of ether oxygens (including phenoxy) is 1. The number of carbonyl (C=O) groups is 1. The zero-order chi connectivity index (χ0) is 14.9. The summed E-state index contributed by atoms with van der Waals surface area (Å²) < 4.78 is 5.32. The Balaban J connectivity index is 0. The van der Waals surface area contributed by atoms with Crippen LogP contribution in [0.2, 0.25) is 0 Å². The van der Waals surface area contributed by atoms with E-state index in [0.717, 1.165) is 5.57 Å². The number of likely N-dealkylation sites (N-methyl/N-ethyl adjacent to an activating group) is 1. The Bertz CT molecular complexity index is 277. The van der Waals surface area contributed by atoms with Crippen molar-refractivity contribution in [1.29, 1.82) is 0 Å². The number of rotatable bonds is 4. The molecule has 3 nitrogen and oxygen atoms in total. The van der Waals surface area contributed by atoms with Crippen molar-refractivity contribution in [3.05, 3.63) is 24.8 Å². The van der Waals surface area contributed by atoms with E-state index in [1.54, 1.807) is 11.0 Å². The van der Waals surface area contributed by atoms with Crippen LogP contribution in [0.4, 0.5) is 4.79 Å². The molecule has 106 valence electrons. The highest BCUT2D eigenvalue weighted by Gasteiger charge is 2.25. The van der Waals surface area contributed by atoms with Gasteiger partial charge in [0.25, 0.3) is 0 Å². The zero-order valence-electron chi connectivity index (χ0n) is 13.0. The molecule has 0 fully saturated rings. The van der Waals surface area contributed by atoms with Crippen molar-refractivity contribution in [1.82, 2.24) is 4.90 Å². The average molecular weight is 255 g/mol. The Morgan fingerprint density at radius 3 is 2.11 bits per heavy atom. The van der Waals surface area contributed by atoms with Crippen LogP contribution in [-0.2, 0) is 4.74 Å². The van der Waals surface area contributed by atoms with Gasteiger partial charge in [-0.15, -0.1) is 0 Å².